The number of nitrogens with zero attached hydrogens (tertiary/aromatic N) is 1. The minimum Gasteiger partial charge on any atom is -0.494 e. The molecular formula is C8H8F2INO2. The molecule has 0 aliphatic rings. The molecule has 0 spiro atoms. The molecule has 0 atom stereocenters. The molecule has 0 aliphatic carbocycles. The van der Waals surface area contributed by atoms with E-state index in [2.05, 4.69) is 4.98 Å². The van der Waals surface area contributed by atoms with Crippen molar-refractivity contribution in [1.82, 2.24) is 4.98 Å². The van der Waals surface area contributed by atoms with Gasteiger partial charge in [-0.2, -0.15) is 0 Å². The standard InChI is InChI=1S/C8H8F2INO2/c1-14-7-4(3-13)2-5(11)12-6(7)8(9)10/h2,8,13H,3H2,1H3. The van der Waals surface area contributed by atoms with E-state index >= 15 is 0 Å². The van der Waals surface area contributed by atoms with Crippen LogP contribution in [-0.2, 0) is 6.61 Å². The van der Waals surface area contributed by atoms with Crippen LogP contribution in [0.25, 0.3) is 0 Å². The Kier molecular flexibility index (Phi) is 3.99. The predicted molar refractivity (Wildman–Crippen MR) is 54.4 cm³/mol. The van der Waals surface area contributed by atoms with Crippen LogP contribution in [0.15, 0.2) is 6.07 Å². The van der Waals surface area contributed by atoms with Crippen molar-refractivity contribution in [3.63, 3.8) is 0 Å². The van der Waals surface area contributed by atoms with Crippen LogP contribution in [0.3, 0.4) is 0 Å². The summed E-state index contributed by atoms with van der Waals surface area (Å²) in [6.45, 7) is -0.346. The number of alkyl halides is 2. The summed E-state index contributed by atoms with van der Waals surface area (Å²) in [7, 11) is 1.27. The van der Waals surface area contributed by atoms with Crippen molar-refractivity contribution in [2.75, 3.05) is 7.11 Å². The van der Waals surface area contributed by atoms with Gasteiger partial charge in [-0.15, -0.1) is 0 Å². The summed E-state index contributed by atoms with van der Waals surface area (Å²) >= 11 is 1.81. The summed E-state index contributed by atoms with van der Waals surface area (Å²) in [4.78, 5) is 3.65. The smallest absolute Gasteiger partial charge is 0.284 e. The Morgan fingerprint density at radius 1 is 1.64 bits per heavy atom. The molecule has 1 N–H and O–H groups in total. The lowest BCUT2D eigenvalue weighted by molar-refractivity contribution is 0.140. The van der Waals surface area contributed by atoms with Gasteiger partial charge in [-0.1, -0.05) is 0 Å². The Balaban J connectivity index is 3.31. The van der Waals surface area contributed by atoms with Crippen LogP contribution in [0.2, 0.25) is 0 Å². The van der Waals surface area contributed by atoms with Gasteiger partial charge in [0.25, 0.3) is 6.43 Å². The second-order valence-corrected chi connectivity index (χ2v) is 3.59. The highest BCUT2D eigenvalue weighted by Gasteiger charge is 2.19. The molecule has 0 unspecified atom stereocenters. The van der Waals surface area contributed by atoms with Crippen molar-refractivity contribution in [3.8, 4) is 5.75 Å². The average Bonchev–Trinajstić information content (AvgIpc) is 2.16. The van der Waals surface area contributed by atoms with E-state index in [9.17, 15) is 8.78 Å². The van der Waals surface area contributed by atoms with Crippen LogP contribution < -0.4 is 4.74 Å². The molecule has 0 aromatic carbocycles. The van der Waals surface area contributed by atoms with E-state index in [-0.39, 0.29) is 12.4 Å². The van der Waals surface area contributed by atoms with Gasteiger partial charge in [-0.25, -0.2) is 13.8 Å². The van der Waals surface area contributed by atoms with Gasteiger partial charge >= 0.3 is 0 Å². The van der Waals surface area contributed by atoms with Crippen molar-refractivity contribution in [1.29, 1.82) is 0 Å². The van der Waals surface area contributed by atoms with Gasteiger partial charge < -0.3 is 9.84 Å². The van der Waals surface area contributed by atoms with Gasteiger partial charge in [0.05, 0.1) is 13.7 Å². The van der Waals surface area contributed by atoms with Crippen molar-refractivity contribution < 1.29 is 18.6 Å². The van der Waals surface area contributed by atoms with Crippen molar-refractivity contribution in [2.45, 2.75) is 13.0 Å². The summed E-state index contributed by atoms with van der Waals surface area (Å²) in [5, 5.41) is 8.92. The number of pyridine rings is 1. The molecule has 0 fully saturated rings. The summed E-state index contributed by atoms with van der Waals surface area (Å²) in [5.74, 6) is -0.0390. The van der Waals surface area contributed by atoms with Crippen LogP contribution in [0.1, 0.15) is 17.7 Å². The number of hydrogen-bond acceptors (Lipinski definition) is 3. The highest BCUT2D eigenvalue weighted by atomic mass is 127. The Labute approximate surface area is 93.2 Å². The second kappa shape index (κ2) is 4.83. The quantitative estimate of drug-likeness (QED) is 0.686. The summed E-state index contributed by atoms with van der Waals surface area (Å²) < 4.78 is 30.1. The fourth-order valence-corrected chi connectivity index (χ4v) is 1.71. The normalized spacial score (nSPS) is 10.7. The number of rotatable bonds is 3. The van der Waals surface area contributed by atoms with Gasteiger partial charge in [-0.3, -0.25) is 0 Å². The molecule has 78 valence electrons. The minimum atomic E-state index is -2.70. The van der Waals surface area contributed by atoms with E-state index in [0.717, 1.165) is 0 Å². The molecule has 0 amide bonds. The Hall–Kier alpha value is -0.500. The Morgan fingerprint density at radius 2 is 2.29 bits per heavy atom. The predicted octanol–water partition coefficient (Wildman–Crippen LogP) is 2.12. The number of aromatic nitrogens is 1. The third-order valence-corrected chi connectivity index (χ3v) is 2.18. The molecule has 14 heavy (non-hydrogen) atoms. The highest BCUT2D eigenvalue weighted by molar-refractivity contribution is 14.1. The van der Waals surface area contributed by atoms with E-state index in [1.54, 1.807) is 0 Å². The molecule has 1 heterocycles. The monoisotopic (exact) mass is 315 g/mol. The third-order valence-electron chi connectivity index (χ3n) is 1.63. The topological polar surface area (TPSA) is 42.4 Å². The number of aliphatic hydroxyl groups excluding tert-OH is 1. The third kappa shape index (κ3) is 2.30. The fraction of sp³-hybridized carbons (Fsp3) is 0.375. The highest BCUT2D eigenvalue weighted by Crippen LogP contribution is 2.31. The molecule has 6 heteroatoms. The van der Waals surface area contributed by atoms with E-state index in [0.29, 0.717) is 9.26 Å². The zero-order valence-electron chi connectivity index (χ0n) is 7.30. The second-order valence-electron chi connectivity index (χ2n) is 2.48. The van der Waals surface area contributed by atoms with Crippen LogP contribution in [0.4, 0.5) is 8.78 Å². The number of ether oxygens (including phenoxy) is 1. The average molecular weight is 315 g/mol. The minimum absolute atomic E-state index is 0.0390. The molecule has 3 nitrogen and oxygen atoms in total. The first-order chi connectivity index (χ1) is 6.60. The van der Waals surface area contributed by atoms with Crippen molar-refractivity contribution >= 4 is 22.6 Å². The fourth-order valence-electron chi connectivity index (χ4n) is 1.07. The lowest BCUT2D eigenvalue weighted by Crippen LogP contribution is -2.02. The molecule has 0 bridgehead atoms. The maximum atomic E-state index is 12.5. The zero-order chi connectivity index (χ0) is 10.7. The summed E-state index contributed by atoms with van der Waals surface area (Å²) in [6, 6.07) is 1.51. The molecule has 0 aliphatic heterocycles. The van der Waals surface area contributed by atoms with E-state index in [4.69, 9.17) is 9.84 Å². The van der Waals surface area contributed by atoms with Crippen LogP contribution in [-0.4, -0.2) is 17.2 Å². The summed E-state index contributed by atoms with van der Waals surface area (Å²) in [5.41, 5.74) is -0.106. The lowest BCUT2D eigenvalue weighted by atomic mass is 10.2. The van der Waals surface area contributed by atoms with Gasteiger partial charge in [-0.05, 0) is 28.7 Å². The van der Waals surface area contributed by atoms with Gasteiger partial charge in [0.2, 0.25) is 0 Å². The van der Waals surface area contributed by atoms with E-state index < -0.39 is 12.1 Å². The molecule has 0 saturated carbocycles. The molecular weight excluding hydrogens is 307 g/mol. The first kappa shape index (κ1) is 11.6. The number of methoxy groups -OCH3 is 1. The van der Waals surface area contributed by atoms with Gasteiger partial charge in [0.15, 0.2) is 5.75 Å². The van der Waals surface area contributed by atoms with Gasteiger partial charge in [0, 0.05) is 5.56 Å². The number of hydrogen-bond donors (Lipinski definition) is 1. The van der Waals surface area contributed by atoms with E-state index in [1.807, 2.05) is 22.6 Å². The van der Waals surface area contributed by atoms with Crippen LogP contribution in [0.5, 0.6) is 5.75 Å². The molecule has 0 saturated heterocycles. The van der Waals surface area contributed by atoms with Gasteiger partial charge in [0.1, 0.15) is 9.39 Å². The molecule has 1 aromatic rings. The SMILES string of the molecule is COc1c(CO)cc(I)nc1C(F)F. The van der Waals surface area contributed by atoms with Crippen molar-refractivity contribution in [3.05, 3.63) is 21.0 Å². The maximum Gasteiger partial charge on any atom is 0.284 e. The summed E-state index contributed by atoms with van der Waals surface area (Å²) in [6.07, 6.45) is -2.70. The maximum absolute atomic E-state index is 12.5. The zero-order valence-corrected chi connectivity index (χ0v) is 9.46. The molecule has 1 rings (SSSR count). The van der Waals surface area contributed by atoms with E-state index in [1.165, 1.54) is 13.2 Å². The molecule has 1 aromatic heterocycles. The number of halogens is 3. The lowest BCUT2D eigenvalue weighted by Gasteiger charge is -2.11. The Bertz CT molecular complexity index is 333. The van der Waals surface area contributed by atoms with Crippen molar-refractivity contribution in [2.24, 2.45) is 0 Å². The first-order valence-corrected chi connectivity index (χ1v) is 4.80. The first-order valence-electron chi connectivity index (χ1n) is 3.72. The number of aliphatic hydroxyl groups is 1. The van der Waals surface area contributed by atoms with Crippen LogP contribution >= 0.6 is 22.6 Å². The largest absolute Gasteiger partial charge is 0.494 e. The Morgan fingerprint density at radius 3 is 2.71 bits per heavy atom. The van der Waals surface area contributed by atoms with Crippen LogP contribution in [0, 0.1) is 3.70 Å². The molecule has 0 radical (unpaired) electrons.